The third-order valence-electron chi connectivity index (χ3n) is 3.27. The van der Waals surface area contributed by atoms with Crippen molar-refractivity contribution in [1.82, 2.24) is 4.98 Å². The number of anilines is 2. The summed E-state index contributed by atoms with van der Waals surface area (Å²) in [5.74, 6) is 0. The molecule has 0 radical (unpaired) electrons. The first kappa shape index (κ1) is 15.3. The summed E-state index contributed by atoms with van der Waals surface area (Å²) in [7, 11) is -1.83. The smallest absolute Gasteiger partial charge is 0.262 e. The van der Waals surface area contributed by atoms with Crippen LogP contribution in [0.5, 0.6) is 0 Å². The highest BCUT2D eigenvalue weighted by Gasteiger charge is 2.21. The molecule has 0 spiro atoms. The van der Waals surface area contributed by atoms with Gasteiger partial charge in [-0.15, -0.1) is 0 Å². The first-order valence-corrected chi connectivity index (χ1v) is 8.07. The van der Waals surface area contributed by atoms with Crippen molar-refractivity contribution >= 4 is 21.4 Å². The van der Waals surface area contributed by atoms with Crippen LogP contribution < -0.4 is 10.0 Å². The van der Waals surface area contributed by atoms with E-state index in [9.17, 15) is 8.42 Å². The summed E-state index contributed by atoms with van der Waals surface area (Å²) in [5.41, 5.74) is 3.43. The number of benzene rings is 1. The Morgan fingerprint density at radius 1 is 1.10 bits per heavy atom. The van der Waals surface area contributed by atoms with E-state index >= 15 is 0 Å². The second kappa shape index (κ2) is 5.73. The Morgan fingerprint density at radius 3 is 2.24 bits per heavy atom. The molecule has 1 aromatic carbocycles. The molecule has 21 heavy (non-hydrogen) atoms. The third kappa shape index (κ3) is 3.16. The van der Waals surface area contributed by atoms with E-state index < -0.39 is 10.0 Å². The van der Waals surface area contributed by atoms with Gasteiger partial charge in [-0.25, -0.2) is 8.42 Å². The molecule has 6 heteroatoms. The Morgan fingerprint density at radius 2 is 1.71 bits per heavy atom. The molecule has 112 valence electrons. The Labute approximate surface area is 125 Å². The van der Waals surface area contributed by atoms with Crippen LogP contribution in [-0.2, 0) is 10.0 Å². The molecule has 1 aromatic heterocycles. The van der Waals surface area contributed by atoms with Gasteiger partial charge in [0, 0.05) is 18.9 Å². The van der Waals surface area contributed by atoms with Gasteiger partial charge in [0.25, 0.3) is 10.0 Å². The molecule has 0 bridgehead atoms. The number of pyridine rings is 1. The van der Waals surface area contributed by atoms with Crippen molar-refractivity contribution in [3.05, 3.63) is 47.3 Å². The topological polar surface area (TPSA) is 71.1 Å². The molecule has 0 saturated carbocycles. The van der Waals surface area contributed by atoms with E-state index in [0.29, 0.717) is 27.4 Å². The highest BCUT2D eigenvalue weighted by Crippen LogP contribution is 2.26. The molecule has 2 aromatic rings. The van der Waals surface area contributed by atoms with Gasteiger partial charge in [-0.3, -0.25) is 9.71 Å². The molecule has 2 N–H and O–H groups in total. The molecule has 2 rings (SSSR count). The van der Waals surface area contributed by atoms with Crippen molar-refractivity contribution in [2.45, 2.75) is 25.7 Å². The second-order valence-corrected chi connectivity index (χ2v) is 6.55. The highest BCUT2D eigenvalue weighted by molar-refractivity contribution is 7.92. The zero-order chi connectivity index (χ0) is 15.6. The monoisotopic (exact) mass is 305 g/mol. The number of rotatable bonds is 4. The van der Waals surface area contributed by atoms with Gasteiger partial charge in [-0.05, 0) is 56.2 Å². The lowest BCUT2D eigenvalue weighted by molar-refractivity contribution is 0.600. The molecule has 0 atom stereocenters. The van der Waals surface area contributed by atoms with Crippen LogP contribution in [0.3, 0.4) is 0 Å². The van der Waals surface area contributed by atoms with E-state index in [1.165, 1.54) is 0 Å². The maximum Gasteiger partial charge on any atom is 0.262 e. The molecule has 0 aliphatic heterocycles. The molecule has 0 amide bonds. The van der Waals surface area contributed by atoms with Crippen LogP contribution >= 0.6 is 0 Å². The van der Waals surface area contributed by atoms with Crippen LogP contribution in [-0.4, -0.2) is 20.4 Å². The van der Waals surface area contributed by atoms with E-state index in [0.717, 1.165) is 5.69 Å². The number of nitrogens with zero attached hydrogens (tertiary/aromatic N) is 1. The van der Waals surface area contributed by atoms with Gasteiger partial charge in [0.1, 0.15) is 0 Å². The van der Waals surface area contributed by atoms with Gasteiger partial charge in [0.2, 0.25) is 0 Å². The molecule has 0 aliphatic carbocycles. The lowest BCUT2D eigenvalue weighted by atomic mass is 10.1. The van der Waals surface area contributed by atoms with Crippen molar-refractivity contribution in [2.75, 3.05) is 17.1 Å². The predicted octanol–water partition coefficient (Wildman–Crippen LogP) is 2.85. The van der Waals surface area contributed by atoms with E-state index in [4.69, 9.17) is 0 Å². The van der Waals surface area contributed by atoms with Crippen LogP contribution in [0.15, 0.2) is 35.4 Å². The molecule has 0 aliphatic rings. The average Bonchev–Trinajstić information content (AvgIpc) is 2.40. The Bertz CT molecular complexity index is 747. The molecule has 5 nitrogen and oxygen atoms in total. The maximum absolute atomic E-state index is 12.6. The fourth-order valence-electron chi connectivity index (χ4n) is 2.31. The van der Waals surface area contributed by atoms with Gasteiger partial charge >= 0.3 is 0 Å². The summed E-state index contributed by atoms with van der Waals surface area (Å²) in [6.45, 7) is 5.35. The van der Waals surface area contributed by atoms with Crippen LogP contribution in [0.4, 0.5) is 11.4 Å². The van der Waals surface area contributed by atoms with E-state index in [1.807, 2.05) is 12.1 Å². The van der Waals surface area contributed by atoms with E-state index in [1.54, 1.807) is 46.1 Å². The maximum atomic E-state index is 12.6. The van der Waals surface area contributed by atoms with Crippen LogP contribution in [0.2, 0.25) is 0 Å². The molecular formula is C15H19N3O2S. The quantitative estimate of drug-likeness (QED) is 0.911. The van der Waals surface area contributed by atoms with Gasteiger partial charge in [0.05, 0.1) is 16.3 Å². The number of nitrogens with one attached hydrogen (secondary N) is 2. The minimum atomic E-state index is -3.64. The van der Waals surface area contributed by atoms with Crippen LogP contribution in [0, 0.1) is 20.8 Å². The largest absolute Gasteiger partial charge is 0.388 e. The summed E-state index contributed by atoms with van der Waals surface area (Å²) in [4.78, 5) is 4.40. The molecular weight excluding hydrogens is 286 g/mol. The number of sulfonamides is 1. The number of hydrogen-bond acceptors (Lipinski definition) is 4. The average molecular weight is 305 g/mol. The summed E-state index contributed by atoms with van der Waals surface area (Å²) in [6, 6.07) is 7.04. The highest BCUT2D eigenvalue weighted by atomic mass is 32.2. The standard InChI is InChI=1S/C15H19N3O2S/c1-10-8-13(16-4)9-11(2)15(10)21(19,20)18-14-6-5-7-17-12(14)3/h5-9,16,18H,1-4H3. The zero-order valence-corrected chi connectivity index (χ0v) is 13.4. The minimum Gasteiger partial charge on any atom is -0.388 e. The lowest BCUT2D eigenvalue weighted by Gasteiger charge is -2.15. The van der Waals surface area contributed by atoms with Gasteiger partial charge in [0.15, 0.2) is 0 Å². The summed E-state index contributed by atoms with van der Waals surface area (Å²) >= 11 is 0. The lowest BCUT2D eigenvalue weighted by Crippen LogP contribution is -2.17. The fourth-order valence-corrected chi connectivity index (χ4v) is 3.88. The summed E-state index contributed by atoms with van der Waals surface area (Å²) in [5, 5.41) is 3.02. The Balaban J connectivity index is 2.48. The van der Waals surface area contributed by atoms with Crippen molar-refractivity contribution in [1.29, 1.82) is 0 Å². The van der Waals surface area contributed by atoms with E-state index in [2.05, 4.69) is 15.0 Å². The summed E-state index contributed by atoms with van der Waals surface area (Å²) in [6.07, 6.45) is 1.63. The number of aryl methyl sites for hydroxylation is 3. The first-order valence-electron chi connectivity index (χ1n) is 6.58. The third-order valence-corrected chi connectivity index (χ3v) is 4.94. The molecule has 0 saturated heterocycles. The van der Waals surface area contributed by atoms with Gasteiger partial charge < -0.3 is 5.32 Å². The van der Waals surface area contributed by atoms with Gasteiger partial charge in [-0.1, -0.05) is 0 Å². The SMILES string of the molecule is CNc1cc(C)c(S(=O)(=O)Nc2cccnc2C)c(C)c1. The predicted molar refractivity (Wildman–Crippen MR) is 85.2 cm³/mol. The number of aromatic nitrogens is 1. The van der Waals surface area contributed by atoms with Crippen molar-refractivity contribution < 1.29 is 8.42 Å². The molecule has 0 fully saturated rings. The van der Waals surface area contributed by atoms with Crippen molar-refractivity contribution in [3.8, 4) is 0 Å². The van der Waals surface area contributed by atoms with Crippen molar-refractivity contribution in [2.24, 2.45) is 0 Å². The number of hydrogen-bond donors (Lipinski definition) is 2. The minimum absolute atomic E-state index is 0.310. The molecule has 1 heterocycles. The van der Waals surface area contributed by atoms with Crippen LogP contribution in [0.25, 0.3) is 0 Å². The normalized spacial score (nSPS) is 11.2. The first-order chi connectivity index (χ1) is 9.85. The fraction of sp³-hybridized carbons (Fsp3) is 0.267. The summed E-state index contributed by atoms with van der Waals surface area (Å²) < 4.78 is 27.9. The Kier molecular flexibility index (Phi) is 4.18. The Hall–Kier alpha value is -2.08. The molecule has 0 unspecified atom stereocenters. The van der Waals surface area contributed by atoms with E-state index in [-0.39, 0.29) is 0 Å². The van der Waals surface area contributed by atoms with Crippen LogP contribution in [0.1, 0.15) is 16.8 Å². The van der Waals surface area contributed by atoms with Gasteiger partial charge in [-0.2, -0.15) is 0 Å². The second-order valence-electron chi connectivity index (χ2n) is 4.93. The zero-order valence-electron chi connectivity index (χ0n) is 12.6. The van der Waals surface area contributed by atoms with Crippen molar-refractivity contribution in [3.63, 3.8) is 0 Å².